The monoisotopic (exact) mass is 264 g/mol. The molecule has 0 saturated carbocycles. The molecule has 6 heteroatoms. The van der Waals surface area contributed by atoms with Crippen molar-refractivity contribution in [1.82, 2.24) is 10.3 Å². The fraction of sp³-hybridized carbons (Fsp3) is 0.231. The van der Waals surface area contributed by atoms with Gasteiger partial charge in [-0.3, -0.25) is 9.59 Å². The van der Waals surface area contributed by atoms with Gasteiger partial charge in [0.25, 0.3) is 11.7 Å². The number of carbonyl (C=O) groups is 2. The van der Waals surface area contributed by atoms with Crippen molar-refractivity contribution in [2.45, 2.75) is 19.9 Å². The van der Waals surface area contributed by atoms with Gasteiger partial charge in [0.15, 0.2) is 11.6 Å². The molecule has 0 aliphatic carbocycles. The number of aromatic amines is 1. The van der Waals surface area contributed by atoms with Gasteiger partial charge in [-0.15, -0.1) is 0 Å². The van der Waals surface area contributed by atoms with Crippen molar-refractivity contribution in [1.29, 1.82) is 0 Å². The highest BCUT2D eigenvalue weighted by molar-refractivity contribution is 6.45. The third kappa shape index (κ3) is 2.29. The number of hydrogen-bond donors (Lipinski definition) is 3. The second-order valence-corrected chi connectivity index (χ2v) is 4.48. The molecule has 0 saturated heterocycles. The van der Waals surface area contributed by atoms with Crippen LogP contribution in [0.2, 0.25) is 0 Å². The van der Waals surface area contributed by atoms with Gasteiger partial charge in [0.05, 0.1) is 16.5 Å². The highest BCUT2D eigenvalue weighted by atomic mass is 19.1. The van der Waals surface area contributed by atoms with Gasteiger partial charge in [-0.25, -0.2) is 4.39 Å². The van der Waals surface area contributed by atoms with Crippen molar-refractivity contribution < 1.29 is 19.1 Å². The Balaban J connectivity index is 2.49. The van der Waals surface area contributed by atoms with Crippen molar-refractivity contribution in [3.63, 3.8) is 0 Å². The number of phenolic OH excluding ortho intramolecular Hbond substituents is 1. The Morgan fingerprint density at radius 2 is 2.05 bits per heavy atom. The molecule has 0 aliphatic heterocycles. The molecule has 2 rings (SSSR count). The number of amides is 1. The van der Waals surface area contributed by atoms with Crippen LogP contribution in [-0.2, 0) is 4.79 Å². The Morgan fingerprint density at radius 3 is 2.68 bits per heavy atom. The first-order valence-electron chi connectivity index (χ1n) is 5.75. The number of Topliss-reactive ketones (excluding diaryl/α,β-unsaturated/α-hetero) is 1. The number of phenols is 1. The summed E-state index contributed by atoms with van der Waals surface area (Å²) in [5.41, 5.74) is 0.338. The summed E-state index contributed by atoms with van der Waals surface area (Å²) >= 11 is 0. The van der Waals surface area contributed by atoms with Crippen LogP contribution in [0.25, 0.3) is 10.9 Å². The molecule has 0 aliphatic rings. The molecule has 1 heterocycles. The van der Waals surface area contributed by atoms with E-state index in [0.29, 0.717) is 5.52 Å². The number of aromatic nitrogens is 1. The summed E-state index contributed by atoms with van der Waals surface area (Å²) in [5.74, 6) is -3.09. The standard InChI is InChI=1S/C13H13FN2O3/c1-6(2)16-13(19)11(17)7-5-15-9-4-3-8(14)12(18)10(7)9/h3-6,15,18H,1-2H3,(H,16,19). The van der Waals surface area contributed by atoms with E-state index in [9.17, 15) is 19.1 Å². The molecule has 1 amide bonds. The van der Waals surface area contributed by atoms with Crippen LogP contribution in [0.5, 0.6) is 5.75 Å². The van der Waals surface area contributed by atoms with Crippen molar-refractivity contribution in [2.75, 3.05) is 0 Å². The maximum atomic E-state index is 13.3. The lowest BCUT2D eigenvalue weighted by Gasteiger charge is -2.07. The molecule has 100 valence electrons. The number of rotatable bonds is 3. The Labute approximate surface area is 108 Å². The lowest BCUT2D eigenvalue weighted by Crippen LogP contribution is -2.35. The zero-order valence-electron chi connectivity index (χ0n) is 10.5. The van der Waals surface area contributed by atoms with E-state index in [1.807, 2.05) is 0 Å². The van der Waals surface area contributed by atoms with Crippen LogP contribution in [-0.4, -0.2) is 27.8 Å². The molecule has 0 unspecified atom stereocenters. The first-order valence-corrected chi connectivity index (χ1v) is 5.75. The molecule has 0 bridgehead atoms. The maximum absolute atomic E-state index is 13.3. The van der Waals surface area contributed by atoms with Crippen molar-refractivity contribution in [3.05, 3.63) is 29.7 Å². The van der Waals surface area contributed by atoms with Gasteiger partial charge in [0.2, 0.25) is 0 Å². The third-order valence-corrected chi connectivity index (χ3v) is 2.64. The third-order valence-electron chi connectivity index (χ3n) is 2.64. The maximum Gasteiger partial charge on any atom is 0.292 e. The van der Waals surface area contributed by atoms with Gasteiger partial charge in [-0.05, 0) is 26.0 Å². The Morgan fingerprint density at radius 1 is 1.37 bits per heavy atom. The number of benzene rings is 1. The number of H-pyrrole nitrogens is 1. The normalized spacial score (nSPS) is 10.9. The summed E-state index contributed by atoms with van der Waals surface area (Å²) in [4.78, 5) is 26.3. The molecule has 19 heavy (non-hydrogen) atoms. The molecule has 0 atom stereocenters. The van der Waals surface area contributed by atoms with Gasteiger partial charge in [0.1, 0.15) is 0 Å². The number of fused-ring (bicyclic) bond motifs is 1. The molecule has 1 aromatic heterocycles. The topological polar surface area (TPSA) is 82.2 Å². The van der Waals surface area contributed by atoms with Crippen LogP contribution >= 0.6 is 0 Å². The average Bonchev–Trinajstić information content (AvgIpc) is 2.76. The molecule has 5 nitrogen and oxygen atoms in total. The zero-order chi connectivity index (χ0) is 14.2. The van der Waals surface area contributed by atoms with E-state index in [2.05, 4.69) is 10.3 Å². The summed E-state index contributed by atoms with van der Waals surface area (Å²) in [6.07, 6.45) is 1.28. The number of nitrogens with one attached hydrogen (secondary N) is 2. The molecule has 0 radical (unpaired) electrons. The SMILES string of the molecule is CC(C)NC(=O)C(=O)c1c[nH]c2ccc(F)c(O)c12. The number of halogens is 1. The summed E-state index contributed by atoms with van der Waals surface area (Å²) in [5, 5.41) is 12.1. The largest absolute Gasteiger partial charge is 0.504 e. The van der Waals surface area contributed by atoms with Crippen molar-refractivity contribution >= 4 is 22.6 Å². The zero-order valence-corrected chi connectivity index (χ0v) is 10.5. The van der Waals surface area contributed by atoms with Gasteiger partial charge >= 0.3 is 0 Å². The molecule has 0 spiro atoms. The van der Waals surface area contributed by atoms with Crippen LogP contribution in [0.1, 0.15) is 24.2 Å². The lowest BCUT2D eigenvalue weighted by atomic mass is 10.1. The highest BCUT2D eigenvalue weighted by Gasteiger charge is 2.23. The van der Waals surface area contributed by atoms with E-state index in [1.54, 1.807) is 13.8 Å². The quantitative estimate of drug-likeness (QED) is 0.583. The van der Waals surface area contributed by atoms with E-state index in [0.717, 1.165) is 6.07 Å². The van der Waals surface area contributed by atoms with Crippen molar-refractivity contribution in [3.8, 4) is 5.75 Å². The van der Waals surface area contributed by atoms with Crippen molar-refractivity contribution in [2.24, 2.45) is 0 Å². The number of carbonyl (C=O) groups excluding carboxylic acids is 2. The lowest BCUT2D eigenvalue weighted by molar-refractivity contribution is -0.117. The Hall–Kier alpha value is -2.37. The minimum absolute atomic E-state index is 0.0175. The Kier molecular flexibility index (Phi) is 3.25. The minimum atomic E-state index is -0.842. The van der Waals surface area contributed by atoms with Gasteiger partial charge in [-0.2, -0.15) is 0 Å². The first-order chi connectivity index (χ1) is 8.91. The summed E-state index contributed by atoms with van der Waals surface area (Å²) < 4.78 is 13.3. The summed E-state index contributed by atoms with van der Waals surface area (Å²) in [7, 11) is 0. The Bertz CT molecular complexity index is 661. The van der Waals surface area contributed by atoms with Crippen LogP contribution < -0.4 is 5.32 Å². The van der Waals surface area contributed by atoms with Crippen LogP contribution in [0.3, 0.4) is 0 Å². The minimum Gasteiger partial charge on any atom is -0.504 e. The number of ketones is 1. The number of aromatic hydroxyl groups is 1. The fourth-order valence-electron chi connectivity index (χ4n) is 1.81. The van der Waals surface area contributed by atoms with E-state index in [-0.39, 0.29) is 17.0 Å². The van der Waals surface area contributed by atoms with Gasteiger partial charge in [-0.1, -0.05) is 0 Å². The summed E-state index contributed by atoms with van der Waals surface area (Å²) in [6.45, 7) is 3.44. The molecule has 2 aromatic rings. The van der Waals surface area contributed by atoms with Gasteiger partial charge < -0.3 is 15.4 Å². The molecule has 0 fully saturated rings. The highest BCUT2D eigenvalue weighted by Crippen LogP contribution is 2.30. The van der Waals surface area contributed by atoms with E-state index in [1.165, 1.54) is 12.3 Å². The van der Waals surface area contributed by atoms with E-state index >= 15 is 0 Å². The first kappa shape index (κ1) is 13.1. The number of hydrogen-bond acceptors (Lipinski definition) is 3. The summed E-state index contributed by atoms with van der Waals surface area (Å²) in [6, 6.07) is 2.28. The predicted octanol–water partition coefficient (Wildman–Crippen LogP) is 1.72. The molecule has 1 aromatic carbocycles. The van der Waals surface area contributed by atoms with Gasteiger partial charge in [0, 0.05) is 12.2 Å². The van der Waals surface area contributed by atoms with Crippen LogP contribution in [0.15, 0.2) is 18.3 Å². The fourth-order valence-corrected chi connectivity index (χ4v) is 1.81. The average molecular weight is 264 g/mol. The second kappa shape index (κ2) is 4.72. The molecule has 3 N–H and O–H groups in total. The molecular formula is C13H13FN2O3. The molecular weight excluding hydrogens is 251 g/mol. The van der Waals surface area contributed by atoms with Crippen LogP contribution in [0.4, 0.5) is 4.39 Å². The smallest absolute Gasteiger partial charge is 0.292 e. The predicted molar refractivity (Wildman–Crippen MR) is 67.5 cm³/mol. The second-order valence-electron chi connectivity index (χ2n) is 4.48. The van der Waals surface area contributed by atoms with Crippen LogP contribution in [0, 0.1) is 5.82 Å². The van der Waals surface area contributed by atoms with E-state index < -0.39 is 23.3 Å². The van der Waals surface area contributed by atoms with E-state index in [4.69, 9.17) is 0 Å².